The number of halogens is 6. The van der Waals surface area contributed by atoms with Crippen molar-refractivity contribution < 1.29 is 36.0 Å². The van der Waals surface area contributed by atoms with Gasteiger partial charge in [-0.2, -0.15) is 26.3 Å². The summed E-state index contributed by atoms with van der Waals surface area (Å²) in [7, 11) is -0.897. The number of benzene rings is 1. The van der Waals surface area contributed by atoms with Crippen molar-refractivity contribution in [3.05, 3.63) is 29.3 Å². The molecule has 2 nitrogen and oxygen atoms in total. The lowest BCUT2D eigenvalue weighted by Crippen LogP contribution is -2.34. The molecule has 1 aromatic rings. The molecule has 0 atom stereocenters. The van der Waals surface area contributed by atoms with Gasteiger partial charge in [-0.05, 0) is 11.5 Å². The Morgan fingerprint density at radius 1 is 0.944 bits per heavy atom. The summed E-state index contributed by atoms with van der Waals surface area (Å²) >= 11 is 0. The molecule has 0 aliphatic carbocycles. The van der Waals surface area contributed by atoms with E-state index in [-0.39, 0.29) is 6.07 Å². The van der Waals surface area contributed by atoms with E-state index in [4.69, 9.17) is 5.02 Å². The molecule has 0 aliphatic heterocycles. The number of hydrogen-bond acceptors (Lipinski definition) is 2. The first kappa shape index (κ1) is 14.8. The highest BCUT2D eigenvalue weighted by atomic mass is 19.4. The van der Waals surface area contributed by atoms with E-state index in [1.54, 1.807) is 0 Å². The Hall–Kier alpha value is -1.22. The second kappa shape index (κ2) is 4.81. The van der Waals surface area contributed by atoms with Crippen molar-refractivity contribution in [3.8, 4) is 0 Å². The van der Waals surface area contributed by atoms with Crippen molar-refractivity contribution in [2.24, 2.45) is 0 Å². The van der Waals surface area contributed by atoms with Gasteiger partial charge in [0.15, 0.2) is 0 Å². The van der Waals surface area contributed by atoms with Crippen LogP contribution in [0.2, 0.25) is 0 Å². The maximum Gasteiger partial charge on any atom is 0.490 e. The van der Waals surface area contributed by atoms with Gasteiger partial charge in [0.25, 0.3) is 0 Å². The first-order valence-corrected chi connectivity index (χ1v) is 4.56. The van der Waals surface area contributed by atoms with Gasteiger partial charge in [0.1, 0.15) is 0 Å². The monoisotopic (exact) mass is 272 g/mol. The summed E-state index contributed by atoms with van der Waals surface area (Å²) in [5.41, 5.74) is -3.61. The normalized spacial score (nSPS) is 12.7. The number of rotatable bonds is 2. The lowest BCUT2D eigenvalue weighted by molar-refractivity contribution is -0.142. The van der Waals surface area contributed by atoms with Crippen molar-refractivity contribution in [2.45, 2.75) is 12.4 Å². The molecule has 1 rings (SSSR count). The van der Waals surface area contributed by atoms with E-state index in [0.717, 1.165) is 7.11 Å². The average molecular weight is 272 g/mol. The number of hydrogen-bond donors (Lipinski definition) is 1. The van der Waals surface area contributed by atoms with Gasteiger partial charge in [-0.25, -0.2) is 0 Å². The smallest absolute Gasteiger partial charge is 0.423 e. The fourth-order valence-corrected chi connectivity index (χ4v) is 1.26. The third-order valence-corrected chi connectivity index (χ3v) is 2.12. The largest absolute Gasteiger partial charge is 0.490 e. The summed E-state index contributed by atoms with van der Waals surface area (Å²) in [6.45, 7) is 0. The molecule has 0 saturated heterocycles. The SMILES string of the molecule is COB(O)c1cc(C(F)(F)F)cc(C(F)(F)F)c1. The zero-order valence-electron chi connectivity index (χ0n) is 8.93. The summed E-state index contributed by atoms with van der Waals surface area (Å²) in [5.74, 6) is 0. The Bertz CT molecular complexity index is 396. The van der Waals surface area contributed by atoms with Gasteiger partial charge in [0.05, 0.1) is 11.1 Å². The molecule has 0 saturated carbocycles. The predicted octanol–water partition coefficient (Wildman–Crippen LogP) is 2.06. The molecule has 1 aromatic carbocycles. The molecule has 18 heavy (non-hydrogen) atoms. The van der Waals surface area contributed by atoms with E-state index in [1.165, 1.54) is 0 Å². The molecule has 100 valence electrons. The van der Waals surface area contributed by atoms with Gasteiger partial charge >= 0.3 is 19.5 Å². The minimum atomic E-state index is -4.94. The minimum absolute atomic E-state index is 0.0219. The predicted molar refractivity (Wildman–Crippen MR) is 51.1 cm³/mol. The van der Waals surface area contributed by atoms with Crippen LogP contribution in [0.25, 0.3) is 0 Å². The summed E-state index contributed by atoms with van der Waals surface area (Å²) < 4.78 is 78.8. The quantitative estimate of drug-likeness (QED) is 0.659. The van der Waals surface area contributed by atoms with Gasteiger partial charge < -0.3 is 9.68 Å². The topological polar surface area (TPSA) is 29.5 Å². The Balaban J connectivity index is 3.39. The van der Waals surface area contributed by atoms with E-state index in [0.29, 0.717) is 12.1 Å². The Kier molecular flexibility index (Phi) is 3.97. The summed E-state index contributed by atoms with van der Waals surface area (Å²) in [5, 5.41) is 9.15. The molecule has 0 aromatic heterocycles. The van der Waals surface area contributed by atoms with Crippen LogP contribution in [0.1, 0.15) is 11.1 Å². The summed E-state index contributed by atoms with van der Waals surface area (Å²) in [6.07, 6.45) is -9.88. The molecule has 0 unspecified atom stereocenters. The first-order valence-electron chi connectivity index (χ1n) is 4.56. The summed E-state index contributed by atoms with van der Waals surface area (Å²) in [4.78, 5) is 0. The Morgan fingerprint density at radius 3 is 1.61 bits per heavy atom. The Morgan fingerprint density at radius 2 is 1.33 bits per heavy atom. The van der Waals surface area contributed by atoms with E-state index < -0.39 is 36.1 Å². The molecule has 1 N–H and O–H groups in total. The van der Waals surface area contributed by atoms with Crippen molar-refractivity contribution in [2.75, 3.05) is 7.11 Å². The fraction of sp³-hybridized carbons (Fsp3) is 0.333. The molecule has 0 spiro atoms. The van der Waals surface area contributed by atoms with Crippen LogP contribution in [-0.2, 0) is 17.0 Å². The molecule has 9 heteroatoms. The maximum absolute atomic E-state index is 12.4. The summed E-state index contributed by atoms with van der Waals surface area (Å²) in [6, 6.07) is 0.790. The number of alkyl halides is 6. The fourth-order valence-electron chi connectivity index (χ4n) is 1.26. The van der Waals surface area contributed by atoms with E-state index in [1.807, 2.05) is 0 Å². The molecule has 0 fully saturated rings. The second-order valence-corrected chi connectivity index (χ2v) is 3.43. The molecule has 0 radical (unpaired) electrons. The zero-order valence-corrected chi connectivity index (χ0v) is 8.93. The van der Waals surface area contributed by atoms with Crippen LogP contribution in [0.5, 0.6) is 0 Å². The van der Waals surface area contributed by atoms with Gasteiger partial charge in [0.2, 0.25) is 0 Å². The van der Waals surface area contributed by atoms with Gasteiger partial charge in [-0.15, -0.1) is 0 Å². The first-order chi connectivity index (χ1) is 8.05. The molecule has 0 heterocycles. The lowest BCUT2D eigenvalue weighted by atomic mass is 9.78. The highest BCUT2D eigenvalue weighted by Gasteiger charge is 2.38. The molecule has 0 amide bonds. The van der Waals surface area contributed by atoms with Crippen molar-refractivity contribution >= 4 is 12.6 Å². The third kappa shape index (κ3) is 3.39. The lowest BCUT2D eigenvalue weighted by Gasteiger charge is -2.14. The van der Waals surface area contributed by atoms with E-state index >= 15 is 0 Å². The van der Waals surface area contributed by atoms with Gasteiger partial charge in [0, 0.05) is 7.11 Å². The third-order valence-electron chi connectivity index (χ3n) is 2.12. The molecule has 0 bridgehead atoms. The standard InChI is InChI=1S/C9H7BF6O2/c1-18-10(17)7-3-5(8(11,12)13)2-6(4-7)9(14,15)16/h2-4,17H,1H3. The van der Waals surface area contributed by atoms with Crippen molar-refractivity contribution in [3.63, 3.8) is 0 Å². The van der Waals surface area contributed by atoms with Crippen molar-refractivity contribution in [1.29, 1.82) is 0 Å². The van der Waals surface area contributed by atoms with Crippen LogP contribution < -0.4 is 5.46 Å². The molecular weight excluding hydrogens is 265 g/mol. The van der Waals surface area contributed by atoms with Crippen LogP contribution in [0.4, 0.5) is 26.3 Å². The molecule has 0 aliphatic rings. The average Bonchev–Trinajstić information content (AvgIpc) is 2.25. The zero-order chi connectivity index (χ0) is 14.1. The van der Waals surface area contributed by atoms with Crippen LogP contribution >= 0.6 is 0 Å². The van der Waals surface area contributed by atoms with E-state index in [9.17, 15) is 26.3 Å². The minimum Gasteiger partial charge on any atom is -0.423 e. The molecular formula is C9H7BF6O2. The Labute approximate surface area is 98.3 Å². The van der Waals surface area contributed by atoms with Gasteiger partial charge in [-0.1, -0.05) is 12.1 Å². The van der Waals surface area contributed by atoms with Gasteiger partial charge in [-0.3, -0.25) is 0 Å². The van der Waals surface area contributed by atoms with E-state index in [2.05, 4.69) is 4.65 Å². The highest BCUT2D eigenvalue weighted by molar-refractivity contribution is 6.59. The van der Waals surface area contributed by atoms with Crippen LogP contribution in [-0.4, -0.2) is 19.3 Å². The van der Waals surface area contributed by atoms with Crippen LogP contribution in [0.15, 0.2) is 18.2 Å². The van der Waals surface area contributed by atoms with Crippen LogP contribution in [0.3, 0.4) is 0 Å². The van der Waals surface area contributed by atoms with Crippen molar-refractivity contribution in [1.82, 2.24) is 0 Å². The highest BCUT2D eigenvalue weighted by Crippen LogP contribution is 2.34. The second-order valence-electron chi connectivity index (χ2n) is 3.43. The maximum atomic E-state index is 12.4. The van der Waals surface area contributed by atoms with Crippen LogP contribution in [0, 0.1) is 0 Å².